The van der Waals surface area contributed by atoms with Gasteiger partial charge in [0.15, 0.2) is 6.10 Å². The first-order valence-electron chi connectivity index (χ1n) is 4.37. The fraction of sp³-hybridized carbons (Fsp3) is 0.875. The summed E-state index contributed by atoms with van der Waals surface area (Å²) in [5.41, 5.74) is 0. The molecular weight excluding hydrogens is 158 g/mol. The van der Waals surface area contributed by atoms with E-state index in [9.17, 15) is 15.0 Å². The van der Waals surface area contributed by atoms with Gasteiger partial charge in [0.1, 0.15) is 0 Å². The van der Waals surface area contributed by atoms with Crippen LogP contribution in [0.4, 0.5) is 0 Å². The molecule has 2 fully saturated rings. The lowest BCUT2D eigenvalue weighted by Gasteiger charge is -2.35. The summed E-state index contributed by atoms with van der Waals surface area (Å²) in [6.07, 6.45) is 0.467. The van der Waals surface area contributed by atoms with Crippen LogP contribution in [0.1, 0.15) is 19.3 Å². The topological polar surface area (TPSA) is 60.8 Å². The van der Waals surface area contributed by atoms with Crippen molar-refractivity contribution in [2.75, 3.05) is 6.54 Å². The Morgan fingerprint density at radius 3 is 2.92 bits per heavy atom. The number of carbonyl (C=O) groups excluding carboxylic acids is 1. The fourth-order valence-electron chi connectivity index (χ4n) is 2.11. The lowest BCUT2D eigenvalue weighted by atomic mass is 9.97. The molecular formula is C8H13NO3. The van der Waals surface area contributed by atoms with E-state index in [1.165, 1.54) is 0 Å². The number of piperidine rings is 1. The van der Waals surface area contributed by atoms with E-state index >= 15 is 0 Å². The fourth-order valence-corrected chi connectivity index (χ4v) is 2.11. The predicted molar refractivity (Wildman–Crippen MR) is 41.4 cm³/mol. The maximum Gasteiger partial charge on any atom is 0.254 e. The molecule has 0 bridgehead atoms. The van der Waals surface area contributed by atoms with Gasteiger partial charge < -0.3 is 15.1 Å². The summed E-state index contributed by atoms with van der Waals surface area (Å²) in [6, 6.07) is 0.177. The van der Waals surface area contributed by atoms with Gasteiger partial charge in [0.05, 0.1) is 6.10 Å². The molecule has 0 spiro atoms. The number of rotatable bonds is 0. The van der Waals surface area contributed by atoms with Crippen molar-refractivity contribution in [3.63, 3.8) is 0 Å². The van der Waals surface area contributed by atoms with Crippen LogP contribution in [-0.2, 0) is 4.79 Å². The molecule has 0 aliphatic carbocycles. The van der Waals surface area contributed by atoms with Gasteiger partial charge in [-0.3, -0.25) is 4.79 Å². The Labute approximate surface area is 70.8 Å². The summed E-state index contributed by atoms with van der Waals surface area (Å²) in [4.78, 5) is 13.0. The largest absolute Gasteiger partial charge is 0.390 e. The van der Waals surface area contributed by atoms with Crippen LogP contribution in [0.15, 0.2) is 0 Å². The van der Waals surface area contributed by atoms with Crippen molar-refractivity contribution in [3.8, 4) is 0 Å². The van der Waals surface area contributed by atoms with Crippen molar-refractivity contribution in [1.29, 1.82) is 0 Å². The Morgan fingerprint density at radius 1 is 1.42 bits per heavy atom. The molecule has 2 unspecified atom stereocenters. The highest BCUT2D eigenvalue weighted by molar-refractivity contribution is 5.82. The van der Waals surface area contributed by atoms with Gasteiger partial charge in [-0.2, -0.15) is 0 Å². The zero-order valence-electron chi connectivity index (χ0n) is 6.81. The van der Waals surface area contributed by atoms with Crippen molar-refractivity contribution in [2.24, 2.45) is 0 Å². The highest BCUT2D eigenvalue weighted by Crippen LogP contribution is 2.27. The molecule has 2 aliphatic heterocycles. The maximum atomic E-state index is 11.3. The number of hydrogen-bond donors (Lipinski definition) is 2. The van der Waals surface area contributed by atoms with Gasteiger partial charge in [0.2, 0.25) is 0 Å². The Morgan fingerprint density at radius 2 is 2.17 bits per heavy atom. The average Bonchev–Trinajstić information content (AvgIpc) is 2.48. The standard InChI is InChI=1S/C8H13NO3/c10-6-4-5-2-1-3-9(5)8(12)7(6)11/h5-7,10-11H,1-4H2/t5-,6?,7?/m0/s1. The van der Waals surface area contributed by atoms with Crippen molar-refractivity contribution >= 4 is 5.91 Å². The molecule has 2 rings (SSSR count). The van der Waals surface area contributed by atoms with Gasteiger partial charge in [-0.25, -0.2) is 0 Å². The molecule has 2 heterocycles. The van der Waals surface area contributed by atoms with Gasteiger partial charge in [-0.15, -0.1) is 0 Å². The average molecular weight is 171 g/mol. The van der Waals surface area contributed by atoms with E-state index in [4.69, 9.17) is 0 Å². The Kier molecular flexibility index (Phi) is 1.81. The van der Waals surface area contributed by atoms with Crippen LogP contribution in [0.25, 0.3) is 0 Å². The number of aliphatic hydroxyl groups excluding tert-OH is 2. The molecule has 4 heteroatoms. The minimum absolute atomic E-state index is 0.177. The minimum atomic E-state index is -1.18. The first-order chi connectivity index (χ1) is 5.70. The van der Waals surface area contributed by atoms with Crippen molar-refractivity contribution in [3.05, 3.63) is 0 Å². The van der Waals surface area contributed by atoms with Crippen LogP contribution in [0, 0.1) is 0 Å². The van der Waals surface area contributed by atoms with E-state index in [1.807, 2.05) is 0 Å². The minimum Gasteiger partial charge on any atom is -0.390 e. The van der Waals surface area contributed by atoms with E-state index in [-0.39, 0.29) is 11.9 Å². The van der Waals surface area contributed by atoms with Gasteiger partial charge in [-0.05, 0) is 19.3 Å². The van der Waals surface area contributed by atoms with E-state index < -0.39 is 12.2 Å². The Balaban J connectivity index is 2.16. The number of hydrogen-bond acceptors (Lipinski definition) is 3. The number of fused-ring (bicyclic) bond motifs is 1. The molecule has 0 aromatic carbocycles. The molecule has 4 nitrogen and oxygen atoms in total. The molecule has 68 valence electrons. The van der Waals surface area contributed by atoms with Crippen LogP contribution in [0.3, 0.4) is 0 Å². The highest BCUT2D eigenvalue weighted by Gasteiger charge is 2.41. The lowest BCUT2D eigenvalue weighted by molar-refractivity contribution is -0.155. The summed E-state index contributed by atoms with van der Waals surface area (Å²) < 4.78 is 0. The molecule has 3 atom stereocenters. The molecule has 1 amide bonds. The lowest BCUT2D eigenvalue weighted by Crippen LogP contribution is -2.53. The third-order valence-corrected chi connectivity index (χ3v) is 2.79. The molecule has 2 aliphatic rings. The molecule has 0 radical (unpaired) electrons. The maximum absolute atomic E-state index is 11.3. The number of amides is 1. The first-order valence-corrected chi connectivity index (χ1v) is 4.37. The predicted octanol–water partition coefficient (Wildman–Crippen LogP) is -0.897. The van der Waals surface area contributed by atoms with E-state index in [0.29, 0.717) is 6.42 Å². The van der Waals surface area contributed by atoms with Crippen LogP contribution in [0.2, 0.25) is 0 Å². The number of aliphatic hydroxyl groups is 2. The smallest absolute Gasteiger partial charge is 0.254 e. The summed E-state index contributed by atoms with van der Waals surface area (Å²) in [5.74, 6) is -0.295. The molecule has 0 aromatic heterocycles. The van der Waals surface area contributed by atoms with Gasteiger partial charge in [-0.1, -0.05) is 0 Å². The number of nitrogens with zero attached hydrogens (tertiary/aromatic N) is 1. The second kappa shape index (κ2) is 2.71. The summed E-state index contributed by atoms with van der Waals surface area (Å²) in [7, 11) is 0. The monoisotopic (exact) mass is 171 g/mol. The molecule has 0 aromatic rings. The van der Waals surface area contributed by atoms with Gasteiger partial charge >= 0.3 is 0 Å². The summed E-state index contributed by atoms with van der Waals surface area (Å²) in [6.45, 7) is 0.743. The van der Waals surface area contributed by atoms with Crippen molar-refractivity contribution in [2.45, 2.75) is 37.5 Å². The highest BCUT2D eigenvalue weighted by atomic mass is 16.3. The van der Waals surface area contributed by atoms with Crippen LogP contribution in [0.5, 0.6) is 0 Å². The third-order valence-electron chi connectivity index (χ3n) is 2.79. The molecule has 2 N–H and O–H groups in total. The zero-order chi connectivity index (χ0) is 8.72. The van der Waals surface area contributed by atoms with Crippen molar-refractivity contribution in [1.82, 2.24) is 4.90 Å². The molecule has 12 heavy (non-hydrogen) atoms. The SMILES string of the molecule is O=C1C(O)C(O)C[C@@H]2CCCN12. The van der Waals surface area contributed by atoms with Crippen molar-refractivity contribution < 1.29 is 15.0 Å². The Hall–Kier alpha value is -0.610. The second-order valence-electron chi connectivity index (χ2n) is 3.58. The number of carbonyl (C=O) groups is 1. The van der Waals surface area contributed by atoms with Crippen LogP contribution < -0.4 is 0 Å². The zero-order valence-corrected chi connectivity index (χ0v) is 6.81. The summed E-state index contributed by atoms with van der Waals surface area (Å²) in [5, 5.41) is 18.5. The van der Waals surface area contributed by atoms with Crippen LogP contribution >= 0.6 is 0 Å². The normalized spacial score (nSPS) is 41.7. The van der Waals surface area contributed by atoms with Gasteiger partial charge in [0, 0.05) is 12.6 Å². The Bertz CT molecular complexity index is 206. The molecule has 0 saturated carbocycles. The summed E-state index contributed by atoms with van der Waals surface area (Å²) >= 11 is 0. The first kappa shape index (κ1) is 8.01. The van der Waals surface area contributed by atoms with E-state index in [2.05, 4.69) is 0 Å². The van der Waals surface area contributed by atoms with E-state index in [1.54, 1.807) is 4.90 Å². The van der Waals surface area contributed by atoms with Gasteiger partial charge in [0.25, 0.3) is 5.91 Å². The quantitative estimate of drug-likeness (QED) is 0.496. The third kappa shape index (κ3) is 1.03. The molecule has 2 saturated heterocycles. The van der Waals surface area contributed by atoms with Crippen LogP contribution in [-0.4, -0.2) is 45.8 Å². The second-order valence-corrected chi connectivity index (χ2v) is 3.58. The van der Waals surface area contributed by atoms with E-state index in [0.717, 1.165) is 19.4 Å².